The van der Waals surface area contributed by atoms with Crippen LogP contribution < -0.4 is 4.74 Å². The highest BCUT2D eigenvalue weighted by atomic mass is 19.1. The molecule has 1 fully saturated rings. The van der Waals surface area contributed by atoms with Gasteiger partial charge in [0, 0.05) is 19.2 Å². The zero-order valence-electron chi connectivity index (χ0n) is 13.8. The standard InChI is InChI=1S/C19H20F3NO2/c20-15-3-5-18(25-19-6-4-16(21)13-17(19)22)14(12-15)2-1-7-23-8-10-24-11-9-23/h3-6,12-13H,1-2,7-11H2. The summed E-state index contributed by atoms with van der Waals surface area (Å²) in [5.41, 5.74) is 0.664. The molecule has 1 saturated heterocycles. The van der Waals surface area contributed by atoms with Gasteiger partial charge in [0.1, 0.15) is 17.4 Å². The summed E-state index contributed by atoms with van der Waals surface area (Å²) < 4.78 is 51.2. The molecule has 1 aliphatic heterocycles. The summed E-state index contributed by atoms with van der Waals surface area (Å²) in [5.74, 6) is -1.53. The Hall–Kier alpha value is -2.05. The molecular formula is C19H20F3NO2. The minimum Gasteiger partial charge on any atom is -0.454 e. The molecule has 1 aliphatic rings. The van der Waals surface area contributed by atoms with Crippen LogP contribution in [0.4, 0.5) is 13.2 Å². The van der Waals surface area contributed by atoms with Gasteiger partial charge in [0.2, 0.25) is 0 Å². The lowest BCUT2D eigenvalue weighted by molar-refractivity contribution is 0.0374. The van der Waals surface area contributed by atoms with Crippen molar-refractivity contribution in [3.63, 3.8) is 0 Å². The molecule has 1 heterocycles. The van der Waals surface area contributed by atoms with Crippen molar-refractivity contribution < 1.29 is 22.6 Å². The normalized spacial score (nSPS) is 15.3. The van der Waals surface area contributed by atoms with Gasteiger partial charge in [-0.1, -0.05) is 0 Å². The third-order valence-electron chi connectivity index (χ3n) is 4.16. The van der Waals surface area contributed by atoms with Crippen molar-refractivity contribution >= 4 is 0 Å². The van der Waals surface area contributed by atoms with E-state index in [-0.39, 0.29) is 11.6 Å². The van der Waals surface area contributed by atoms with Gasteiger partial charge in [-0.15, -0.1) is 0 Å². The molecule has 3 rings (SSSR count). The Balaban J connectivity index is 1.67. The number of aryl methyl sites for hydroxylation is 1. The van der Waals surface area contributed by atoms with Crippen molar-refractivity contribution in [2.24, 2.45) is 0 Å². The number of hydrogen-bond donors (Lipinski definition) is 0. The van der Waals surface area contributed by atoms with E-state index in [0.717, 1.165) is 51.4 Å². The smallest absolute Gasteiger partial charge is 0.168 e. The molecule has 0 bridgehead atoms. The van der Waals surface area contributed by atoms with E-state index < -0.39 is 11.6 Å². The Morgan fingerprint density at radius 1 is 0.920 bits per heavy atom. The van der Waals surface area contributed by atoms with E-state index in [1.165, 1.54) is 24.3 Å². The lowest BCUT2D eigenvalue weighted by atomic mass is 10.1. The first-order valence-electron chi connectivity index (χ1n) is 8.33. The fourth-order valence-electron chi connectivity index (χ4n) is 2.84. The predicted octanol–water partition coefficient (Wildman–Crippen LogP) is 4.16. The molecule has 0 unspecified atom stereocenters. The molecule has 2 aromatic carbocycles. The Morgan fingerprint density at radius 3 is 2.32 bits per heavy atom. The maximum absolute atomic E-state index is 13.8. The molecule has 2 aromatic rings. The van der Waals surface area contributed by atoms with Crippen molar-refractivity contribution in [2.75, 3.05) is 32.8 Å². The first-order chi connectivity index (χ1) is 12.1. The van der Waals surface area contributed by atoms with Crippen molar-refractivity contribution in [1.82, 2.24) is 4.90 Å². The molecule has 0 aliphatic carbocycles. The Bertz CT molecular complexity index is 718. The fraction of sp³-hybridized carbons (Fsp3) is 0.368. The number of halogens is 3. The maximum atomic E-state index is 13.8. The summed E-state index contributed by atoms with van der Waals surface area (Å²) in [6, 6.07) is 7.25. The lowest BCUT2D eigenvalue weighted by Crippen LogP contribution is -2.36. The number of hydrogen-bond acceptors (Lipinski definition) is 3. The molecular weight excluding hydrogens is 331 g/mol. The summed E-state index contributed by atoms with van der Waals surface area (Å²) in [6.07, 6.45) is 1.43. The number of morpholine rings is 1. The highest BCUT2D eigenvalue weighted by Gasteiger charge is 2.13. The van der Waals surface area contributed by atoms with E-state index in [9.17, 15) is 13.2 Å². The second-order valence-electron chi connectivity index (χ2n) is 5.99. The van der Waals surface area contributed by atoms with Crippen LogP contribution in [0.1, 0.15) is 12.0 Å². The maximum Gasteiger partial charge on any atom is 0.168 e. The molecule has 0 amide bonds. The third kappa shape index (κ3) is 4.96. The summed E-state index contributed by atoms with van der Waals surface area (Å²) in [4.78, 5) is 2.29. The highest BCUT2D eigenvalue weighted by molar-refractivity contribution is 5.39. The zero-order valence-corrected chi connectivity index (χ0v) is 13.8. The molecule has 0 radical (unpaired) electrons. The van der Waals surface area contributed by atoms with Gasteiger partial charge in [0.15, 0.2) is 11.6 Å². The topological polar surface area (TPSA) is 21.7 Å². The first kappa shape index (κ1) is 17.8. The van der Waals surface area contributed by atoms with Crippen molar-refractivity contribution in [3.05, 3.63) is 59.4 Å². The average Bonchev–Trinajstić information content (AvgIpc) is 2.60. The van der Waals surface area contributed by atoms with Crippen LogP contribution in [0.15, 0.2) is 36.4 Å². The van der Waals surface area contributed by atoms with Crippen LogP contribution in [-0.2, 0) is 11.2 Å². The second kappa shape index (κ2) is 8.36. The molecule has 0 N–H and O–H groups in total. The van der Waals surface area contributed by atoms with Gasteiger partial charge in [-0.25, -0.2) is 13.2 Å². The van der Waals surface area contributed by atoms with Gasteiger partial charge in [-0.2, -0.15) is 0 Å². The van der Waals surface area contributed by atoms with E-state index in [1.807, 2.05) is 0 Å². The molecule has 0 atom stereocenters. The van der Waals surface area contributed by atoms with Gasteiger partial charge in [-0.05, 0) is 55.3 Å². The van der Waals surface area contributed by atoms with Crippen LogP contribution in [-0.4, -0.2) is 37.7 Å². The summed E-state index contributed by atoms with van der Waals surface area (Å²) in [6.45, 7) is 4.14. The summed E-state index contributed by atoms with van der Waals surface area (Å²) in [5, 5.41) is 0. The minimum absolute atomic E-state index is 0.0811. The average molecular weight is 351 g/mol. The van der Waals surface area contributed by atoms with Gasteiger partial charge in [-0.3, -0.25) is 4.90 Å². The van der Waals surface area contributed by atoms with Crippen LogP contribution in [0.25, 0.3) is 0 Å². The number of benzene rings is 2. The third-order valence-corrected chi connectivity index (χ3v) is 4.16. The van der Waals surface area contributed by atoms with Crippen molar-refractivity contribution in [2.45, 2.75) is 12.8 Å². The van der Waals surface area contributed by atoms with E-state index in [2.05, 4.69) is 4.90 Å². The molecule has 0 saturated carbocycles. The van der Waals surface area contributed by atoms with Crippen molar-refractivity contribution in [3.8, 4) is 11.5 Å². The summed E-state index contributed by atoms with van der Waals surface area (Å²) >= 11 is 0. The van der Waals surface area contributed by atoms with Crippen LogP contribution in [0.2, 0.25) is 0 Å². The molecule has 134 valence electrons. The van der Waals surface area contributed by atoms with Gasteiger partial charge >= 0.3 is 0 Å². The lowest BCUT2D eigenvalue weighted by Gasteiger charge is -2.26. The highest BCUT2D eigenvalue weighted by Crippen LogP contribution is 2.29. The van der Waals surface area contributed by atoms with E-state index >= 15 is 0 Å². The number of nitrogens with zero attached hydrogens (tertiary/aromatic N) is 1. The van der Waals surface area contributed by atoms with Crippen LogP contribution in [0.5, 0.6) is 11.5 Å². The molecule has 3 nitrogen and oxygen atoms in total. The zero-order chi connectivity index (χ0) is 17.6. The fourth-order valence-corrected chi connectivity index (χ4v) is 2.84. The van der Waals surface area contributed by atoms with E-state index in [4.69, 9.17) is 9.47 Å². The molecule has 0 spiro atoms. The van der Waals surface area contributed by atoms with E-state index in [0.29, 0.717) is 17.7 Å². The minimum atomic E-state index is -0.788. The van der Waals surface area contributed by atoms with Crippen molar-refractivity contribution in [1.29, 1.82) is 0 Å². The van der Waals surface area contributed by atoms with E-state index in [1.54, 1.807) is 0 Å². The van der Waals surface area contributed by atoms with Crippen LogP contribution in [0.3, 0.4) is 0 Å². The van der Waals surface area contributed by atoms with Gasteiger partial charge in [0.05, 0.1) is 13.2 Å². The first-order valence-corrected chi connectivity index (χ1v) is 8.33. The Labute approximate surface area is 145 Å². The summed E-state index contributed by atoms with van der Waals surface area (Å²) in [7, 11) is 0. The second-order valence-corrected chi connectivity index (χ2v) is 5.99. The number of rotatable bonds is 6. The number of ether oxygens (including phenoxy) is 2. The largest absolute Gasteiger partial charge is 0.454 e. The van der Waals surface area contributed by atoms with Gasteiger partial charge < -0.3 is 9.47 Å². The quantitative estimate of drug-likeness (QED) is 0.780. The predicted molar refractivity (Wildman–Crippen MR) is 88.4 cm³/mol. The monoisotopic (exact) mass is 351 g/mol. The molecule has 0 aromatic heterocycles. The van der Waals surface area contributed by atoms with Crippen LogP contribution >= 0.6 is 0 Å². The Kier molecular flexibility index (Phi) is 5.94. The van der Waals surface area contributed by atoms with Gasteiger partial charge in [0.25, 0.3) is 0 Å². The Morgan fingerprint density at radius 2 is 1.60 bits per heavy atom. The van der Waals surface area contributed by atoms with Crippen LogP contribution in [0, 0.1) is 17.5 Å². The molecule has 6 heteroatoms. The molecule has 25 heavy (non-hydrogen) atoms. The SMILES string of the molecule is Fc1ccc(Oc2ccc(F)cc2CCCN2CCOCC2)c(F)c1.